The smallest absolute Gasteiger partial charge is 0.286 e. The minimum absolute atomic E-state index is 0.317. The standard InChI is InChI=1S/C9H9N3O3S2/c1-4(5-7(14)12-9(15)17-5)6(13)11-8-10-2-3-16-8/h2-5H,1H3,(H,10,11,13)(H,12,14,15)/t4-,5+/m0/s1. The molecule has 6 nitrogen and oxygen atoms in total. The van der Waals surface area contributed by atoms with Gasteiger partial charge in [0.2, 0.25) is 11.8 Å². The van der Waals surface area contributed by atoms with Crippen LogP contribution in [0.15, 0.2) is 11.6 Å². The summed E-state index contributed by atoms with van der Waals surface area (Å²) in [5, 5.41) is 5.90. The second-order valence-electron chi connectivity index (χ2n) is 3.43. The summed E-state index contributed by atoms with van der Waals surface area (Å²) in [5.74, 6) is -1.32. The van der Waals surface area contributed by atoms with Crippen molar-refractivity contribution in [1.29, 1.82) is 0 Å². The van der Waals surface area contributed by atoms with Crippen LogP contribution in [0, 0.1) is 5.92 Å². The Kier molecular flexibility index (Phi) is 3.43. The summed E-state index contributed by atoms with van der Waals surface area (Å²) in [6, 6.07) is 0. The fourth-order valence-electron chi connectivity index (χ4n) is 1.34. The van der Waals surface area contributed by atoms with E-state index in [2.05, 4.69) is 15.6 Å². The Morgan fingerprint density at radius 3 is 2.88 bits per heavy atom. The van der Waals surface area contributed by atoms with Crippen molar-refractivity contribution in [2.45, 2.75) is 12.2 Å². The van der Waals surface area contributed by atoms with Crippen LogP contribution >= 0.6 is 23.1 Å². The molecule has 1 aliphatic rings. The van der Waals surface area contributed by atoms with Crippen molar-refractivity contribution >= 4 is 45.3 Å². The normalized spacial score (nSPS) is 21.1. The number of nitrogens with one attached hydrogen (secondary N) is 2. The highest BCUT2D eigenvalue weighted by molar-refractivity contribution is 8.15. The zero-order chi connectivity index (χ0) is 12.4. The number of rotatable bonds is 3. The number of amides is 3. The molecule has 0 radical (unpaired) electrons. The van der Waals surface area contributed by atoms with E-state index < -0.39 is 22.3 Å². The van der Waals surface area contributed by atoms with Crippen LogP contribution in [-0.2, 0) is 9.59 Å². The van der Waals surface area contributed by atoms with Gasteiger partial charge >= 0.3 is 0 Å². The SMILES string of the molecule is C[C@H](C(=O)Nc1nccs1)[C@H]1SC(=O)NC1=O. The van der Waals surface area contributed by atoms with E-state index in [9.17, 15) is 14.4 Å². The van der Waals surface area contributed by atoms with Crippen LogP contribution in [0.4, 0.5) is 9.93 Å². The van der Waals surface area contributed by atoms with Gasteiger partial charge in [-0.3, -0.25) is 19.7 Å². The highest BCUT2D eigenvalue weighted by Crippen LogP contribution is 2.27. The Bertz CT molecular complexity index is 460. The van der Waals surface area contributed by atoms with Crippen LogP contribution in [0.1, 0.15) is 6.92 Å². The number of hydrogen-bond donors (Lipinski definition) is 2. The quantitative estimate of drug-likeness (QED) is 0.858. The molecule has 1 aromatic heterocycles. The van der Waals surface area contributed by atoms with Crippen molar-refractivity contribution in [2.24, 2.45) is 5.92 Å². The number of thiazole rings is 1. The highest BCUT2D eigenvalue weighted by atomic mass is 32.2. The summed E-state index contributed by atoms with van der Waals surface area (Å²) >= 11 is 2.14. The first-order chi connectivity index (χ1) is 8.08. The average molecular weight is 271 g/mol. The molecular weight excluding hydrogens is 262 g/mol. The van der Waals surface area contributed by atoms with Gasteiger partial charge in [0.25, 0.3) is 5.24 Å². The zero-order valence-corrected chi connectivity index (χ0v) is 10.4. The van der Waals surface area contributed by atoms with Gasteiger partial charge in [-0.05, 0) is 0 Å². The fourth-order valence-corrected chi connectivity index (χ4v) is 2.76. The van der Waals surface area contributed by atoms with E-state index in [1.165, 1.54) is 11.3 Å². The van der Waals surface area contributed by atoms with Gasteiger partial charge in [0.1, 0.15) is 5.25 Å². The van der Waals surface area contributed by atoms with Gasteiger partial charge in [-0.1, -0.05) is 18.7 Å². The number of aromatic nitrogens is 1. The molecule has 0 aromatic carbocycles. The molecule has 0 spiro atoms. The zero-order valence-electron chi connectivity index (χ0n) is 8.80. The first-order valence-corrected chi connectivity index (χ1v) is 6.55. The number of thioether (sulfide) groups is 1. The molecule has 0 aliphatic carbocycles. The van der Waals surface area contributed by atoms with Crippen LogP contribution < -0.4 is 10.6 Å². The van der Waals surface area contributed by atoms with Gasteiger partial charge < -0.3 is 5.32 Å². The average Bonchev–Trinajstić information content (AvgIpc) is 2.87. The van der Waals surface area contributed by atoms with Gasteiger partial charge in [-0.2, -0.15) is 0 Å². The molecule has 2 N–H and O–H groups in total. The highest BCUT2D eigenvalue weighted by Gasteiger charge is 2.39. The van der Waals surface area contributed by atoms with Gasteiger partial charge in [0.05, 0.1) is 5.92 Å². The number of anilines is 1. The lowest BCUT2D eigenvalue weighted by atomic mass is 10.1. The molecule has 3 amide bonds. The molecule has 1 aromatic rings. The van der Waals surface area contributed by atoms with Crippen LogP contribution in [0.2, 0.25) is 0 Å². The van der Waals surface area contributed by atoms with Crippen LogP contribution in [0.5, 0.6) is 0 Å². The summed E-state index contributed by atoms with van der Waals surface area (Å²) < 4.78 is 0. The molecule has 0 unspecified atom stereocenters. The molecule has 1 fully saturated rings. The van der Waals surface area contributed by atoms with Crippen molar-refractivity contribution in [1.82, 2.24) is 10.3 Å². The Morgan fingerprint density at radius 2 is 2.35 bits per heavy atom. The van der Waals surface area contributed by atoms with E-state index in [0.717, 1.165) is 11.8 Å². The van der Waals surface area contributed by atoms with Crippen LogP contribution in [-0.4, -0.2) is 27.3 Å². The second-order valence-corrected chi connectivity index (χ2v) is 5.44. The van der Waals surface area contributed by atoms with Crippen molar-refractivity contribution in [2.75, 3.05) is 5.32 Å². The van der Waals surface area contributed by atoms with Gasteiger partial charge in [0.15, 0.2) is 5.13 Å². The van der Waals surface area contributed by atoms with Crippen molar-refractivity contribution in [3.05, 3.63) is 11.6 Å². The van der Waals surface area contributed by atoms with E-state index >= 15 is 0 Å². The van der Waals surface area contributed by atoms with Crippen molar-refractivity contribution < 1.29 is 14.4 Å². The lowest BCUT2D eigenvalue weighted by Gasteiger charge is -2.13. The second kappa shape index (κ2) is 4.84. The van der Waals surface area contributed by atoms with Gasteiger partial charge in [-0.25, -0.2) is 4.98 Å². The maximum atomic E-state index is 11.8. The Balaban J connectivity index is 2.00. The predicted octanol–water partition coefficient (Wildman–Crippen LogP) is 1.07. The molecule has 17 heavy (non-hydrogen) atoms. The van der Waals surface area contributed by atoms with E-state index in [0.29, 0.717) is 5.13 Å². The lowest BCUT2D eigenvalue weighted by molar-refractivity contribution is -0.125. The van der Waals surface area contributed by atoms with E-state index in [-0.39, 0.29) is 5.91 Å². The Morgan fingerprint density at radius 1 is 1.59 bits per heavy atom. The van der Waals surface area contributed by atoms with Crippen LogP contribution in [0.25, 0.3) is 0 Å². The number of carbonyl (C=O) groups excluding carboxylic acids is 3. The summed E-state index contributed by atoms with van der Waals surface area (Å²) in [6.45, 7) is 1.61. The third-order valence-corrected chi connectivity index (χ3v) is 4.13. The maximum Gasteiger partial charge on any atom is 0.286 e. The van der Waals surface area contributed by atoms with Gasteiger partial charge in [-0.15, -0.1) is 11.3 Å². The topological polar surface area (TPSA) is 88.2 Å². The third kappa shape index (κ3) is 2.64. The molecule has 1 aliphatic heterocycles. The van der Waals surface area contributed by atoms with E-state index in [1.54, 1.807) is 18.5 Å². The first-order valence-electron chi connectivity index (χ1n) is 4.80. The van der Waals surface area contributed by atoms with Crippen LogP contribution in [0.3, 0.4) is 0 Å². The van der Waals surface area contributed by atoms with Crippen molar-refractivity contribution in [3.8, 4) is 0 Å². The summed E-state index contributed by atoms with van der Waals surface area (Å²) in [4.78, 5) is 38.1. The minimum Gasteiger partial charge on any atom is -0.302 e. The maximum absolute atomic E-state index is 11.8. The van der Waals surface area contributed by atoms with Gasteiger partial charge in [0, 0.05) is 11.6 Å². The molecule has 8 heteroatoms. The lowest BCUT2D eigenvalue weighted by Crippen LogP contribution is -2.35. The molecule has 2 heterocycles. The molecule has 1 saturated heterocycles. The minimum atomic E-state index is -0.664. The number of carbonyl (C=O) groups is 3. The fraction of sp³-hybridized carbons (Fsp3) is 0.333. The molecule has 0 bridgehead atoms. The number of hydrogen-bond acceptors (Lipinski definition) is 6. The summed E-state index contributed by atoms with van der Waals surface area (Å²) in [5.41, 5.74) is 0. The monoisotopic (exact) mass is 271 g/mol. The van der Waals surface area contributed by atoms with E-state index in [4.69, 9.17) is 0 Å². The largest absolute Gasteiger partial charge is 0.302 e. The molecule has 0 saturated carbocycles. The summed E-state index contributed by atoms with van der Waals surface area (Å²) in [7, 11) is 0. The van der Waals surface area contributed by atoms with E-state index in [1.807, 2.05) is 0 Å². The summed E-state index contributed by atoms with van der Waals surface area (Å²) in [6.07, 6.45) is 1.57. The Labute approximate surface area is 105 Å². The first kappa shape index (κ1) is 12.1. The van der Waals surface area contributed by atoms with Crippen molar-refractivity contribution in [3.63, 3.8) is 0 Å². The molecule has 90 valence electrons. The molecular formula is C9H9N3O3S2. The number of nitrogens with zero attached hydrogens (tertiary/aromatic N) is 1. The third-order valence-electron chi connectivity index (χ3n) is 2.25. The Hall–Kier alpha value is -1.41. The number of imide groups is 1. The molecule has 2 rings (SSSR count). The molecule has 2 atom stereocenters. The predicted molar refractivity (Wildman–Crippen MR) is 64.8 cm³/mol.